The summed E-state index contributed by atoms with van der Waals surface area (Å²) in [4.78, 5) is 19.2. The van der Waals surface area contributed by atoms with Crippen LogP contribution in [0.2, 0.25) is 5.15 Å². The fourth-order valence-corrected chi connectivity index (χ4v) is 1.17. The Morgan fingerprint density at radius 2 is 2.27 bits per heavy atom. The maximum atomic E-state index is 11.0. The monoisotopic (exact) mass is 228 g/mol. The van der Waals surface area contributed by atoms with E-state index in [0.717, 1.165) is 0 Å². The minimum atomic E-state index is -0.109. The van der Waals surface area contributed by atoms with E-state index in [1.807, 2.05) is 6.92 Å². The summed E-state index contributed by atoms with van der Waals surface area (Å²) in [7, 11) is 1.58. The lowest BCUT2D eigenvalue weighted by atomic mass is 10.4. The van der Waals surface area contributed by atoms with E-state index in [-0.39, 0.29) is 12.5 Å². The molecule has 0 aliphatic carbocycles. The third-order valence-corrected chi connectivity index (χ3v) is 1.96. The van der Waals surface area contributed by atoms with Gasteiger partial charge in [0, 0.05) is 19.5 Å². The van der Waals surface area contributed by atoms with Crippen LogP contribution in [-0.4, -0.2) is 29.5 Å². The molecule has 0 aliphatic rings. The van der Waals surface area contributed by atoms with Crippen molar-refractivity contribution >= 4 is 23.3 Å². The van der Waals surface area contributed by atoms with Gasteiger partial charge in [-0.2, -0.15) is 0 Å². The number of likely N-dealkylation sites (N-methyl/N-ethyl adjacent to an activating group) is 1. The van der Waals surface area contributed by atoms with Gasteiger partial charge >= 0.3 is 0 Å². The Morgan fingerprint density at radius 1 is 1.53 bits per heavy atom. The number of carbonyl (C=O) groups is 1. The fourth-order valence-electron chi connectivity index (χ4n) is 0.973. The number of anilines is 1. The van der Waals surface area contributed by atoms with E-state index in [4.69, 9.17) is 11.6 Å². The van der Waals surface area contributed by atoms with Crippen LogP contribution >= 0.6 is 11.6 Å². The summed E-state index contributed by atoms with van der Waals surface area (Å²) in [6.07, 6.45) is 0.704. The number of carbonyl (C=O) groups excluding carboxylic acids is 1. The highest BCUT2D eigenvalue weighted by Crippen LogP contribution is 2.11. The van der Waals surface area contributed by atoms with Crippen LogP contribution in [-0.2, 0) is 11.2 Å². The first-order valence-electron chi connectivity index (χ1n) is 4.63. The number of halogens is 1. The van der Waals surface area contributed by atoms with E-state index in [1.165, 1.54) is 0 Å². The molecule has 1 aromatic rings. The second kappa shape index (κ2) is 5.50. The Labute approximate surface area is 93.3 Å². The zero-order valence-electron chi connectivity index (χ0n) is 8.67. The van der Waals surface area contributed by atoms with Gasteiger partial charge in [-0.25, -0.2) is 9.97 Å². The van der Waals surface area contributed by atoms with Crippen LogP contribution in [0.1, 0.15) is 12.7 Å². The van der Waals surface area contributed by atoms with Crippen molar-refractivity contribution in [1.29, 1.82) is 0 Å². The molecule has 0 saturated heterocycles. The predicted molar refractivity (Wildman–Crippen MR) is 59.0 cm³/mol. The molecule has 1 rings (SSSR count). The lowest BCUT2D eigenvalue weighted by Crippen LogP contribution is -2.26. The van der Waals surface area contributed by atoms with Crippen molar-refractivity contribution in [3.8, 4) is 0 Å². The molecule has 0 aliphatic heterocycles. The molecular formula is C9H13ClN4O. The normalized spacial score (nSPS) is 9.80. The van der Waals surface area contributed by atoms with Gasteiger partial charge in [0.2, 0.25) is 5.91 Å². The average Bonchev–Trinajstić information content (AvgIpc) is 2.25. The molecule has 0 radical (unpaired) electrons. The maximum absolute atomic E-state index is 11.0. The van der Waals surface area contributed by atoms with E-state index < -0.39 is 0 Å². The minimum absolute atomic E-state index is 0.109. The second-order valence-corrected chi connectivity index (χ2v) is 3.26. The summed E-state index contributed by atoms with van der Waals surface area (Å²) in [5.74, 6) is 1.11. The quantitative estimate of drug-likeness (QED) is 0.750. The Bertz CT molecular complexity index is 356. The van der Waals surface area contributed by atoms with E-state index in [1.54, 1.807) is 13.1 Å². The summed E-state index contributed by atoms with van der Waals surface area (Å²) >= 11 is 5.79. The highest BCUT2D eigenvalue weighted by atomic mass is 35.5. The van der Waals surface area contributed by atoms with Gasteiger partial charge in [0.25, 0.3) is 0 Å². The van der Waals surface area contributed by atoms with Crippen LogP contribution < -0.4 is 10.6 Å². The smallest absolute Gasteiger partial charge is 0.239 e. The number of nitrogens with zero attached hydrogens (tertiary/aromatic N) is 2. The molecule has 0 saturated carbocycles. The van der Waals surface area contributed by atoms with Crippen LogP contribution in [0, 0.1) is 0 Å². The molecule has 0 atom stereocenters. The molecule has 0 aromatic carbocycles. The van der Waals surface area contributed by atoms with Gasteiger partial charge < -0.3 is 10.6 Å². The second-order valence-electron chi connectivity index (χ2n) is 2.87. The number of hydrogen-bond donors (Lipinski definition) is 2. The van der Waals surface area contributed by atoms with Crippen LogP contribution in [0.3, 0.4) is 0 Å². The van der Waals surface area contributed by atoms with Gasteiger partial charge in [-0.15, -0.1) is 0 Å². The van der Waals surface area contributed by atoms with Gasteiger partial charge in [0.15, 0.2) is 0 Å². The summed E-state index contributed by atoms with van der Waals surface area (Å²) in [5.41, 5.74) is 0. The summed E-state index contributed by atoms with van der Waals surface area (Å²) < 4.78 is 0. The number of hydrogen-bond acceptors (Lipinski definition) is 4. The van der Waals surface area contributed by atoms with E-state index >= 15 is 0 Å². The molecule has 1 aromatic heterocycles. The van der Waals surface area contributed by atoms with Gasteiger partial charge in [-0.1, -0.05) is 18.5 Å². The summed E-state index contributed by atoms with van der Waals surface area (Å²) in [6.45, 7) is 2.11. The summed E-state index contributed by atoms with van der Waals surface area (Å²) in [6, 6.07) is 1.59. The number of aryl methyl sites for hydroxylation is 1. The first-order chi connectivity index (χ1) is 7.15. The molecule has 5 nitrogen and oxygen atoms in total. The van der Waals surface area contributed by atoms with Crippen LogP contribution in [0.15, 0.2) is 6.07 Å². The van der Waals surface area contributed by atoms with Crippen LogP contribution in [0.4, 0.5) is 5.82 Å². The van der Waals surface area contributed by atoms with Gasteiger partial charge in [-0.3, -0.25) is 4.79 Å². The van der Waals surface area contributed by atoms with Gasteiger partial charge in [0.05, 0.1) is 6.54 Å². The molecule has 6 heteroatoms. The van der Waals surface area contributed by atoms with E-state index in [2.05, 4.69) is 20.6 Å². The molecule has 15 heavy (non-hydrogen) atoms. The number of amides is 1. The third-order valence-electron chi connectivity index (χ3n) is 1.77. The molecule has 1 amide bonds. The largest absolute Gasteiger partial charge is 0.361 e. The topological polar surface area (TPSA) is 66.9 Å². The standard InChI is InChI=1S/C9H13ClN4O/c1-3-7-13-6(10)4-8(14-7)12-5-9(15)11-2/h4H,3,5H2,1-2H3,(H,11,15)(H,12,13,14). The first-order valence-corrected chi connectivity index (χ1v) is 5.01. The average molecular weight is 229 g/mol. The highest BCUT2D eigenvalue weighted by Gasteiger charge is 2.03. The van der Waals surface area contributed by atoms with Gasteiger partial charge in [-0.05, 0) is 0 Å². The molecule has 2 N–H and O–H groups in total. The van der Waals surface area contributed by atoms with Gasteiger partial charge in [0.1, 0.15) is 16.8 Å². The Hall–Kier alpha value is -1.36. The maximum Gasteiger partial charge on any atom is 0.239 e. The molecule has 82 valence electrons. The van der Waals surface area contributed by atoms with Crippen molar-refractivity contribution in [2.75, 3.05) is 18.9 Å². The lowest BCUT2D eigenvalue weighted by Gasteiger charge is -2.06. The van der Waals surface area contributed by atoms with Crippen LogP contribution in [0.25, 0.3) is 0 Å². The lowest BCUT2D eigenvalue weighted by molar-refractivity contribution is -0.118. The molecule has 0 spiro atoms. The van der Waals surface area contributed by atoms with Crippen LogP contribution in [0.5, 0.6) is 0 Å². The van der Waals surface area contributed by atoms with Crippen molar-refractivity contribution in [3.05, 3.63) is 17.0 Å². The Kier molecular flexibility index (Phi) is 4.30. The van der Waals surface area contributed by atoms with Crippen molar-refractivity contribution in [2.45, 2.75) is 13.3 Å². The SMILES string of the molecule is CCc1nc(Cl)cc(NCC(=O)NC)n1. The van der Waals surface area contributed by atoms with Crippen molar-refractivity contribution < 1.29 is 4.79 Å². The first kappa shape index (κ1) is 11.7. The molecule has 0 bridgehead atoms. The van der Waals surface area contributed by atoms with Crippen molar-refractivity contribution in [2.24, 2.45) is 0 Å². The van der Waals surface area contributed by atoms with E-state index in [0.29, 0.717) is 23.2 Å². The highest BCUT2D eigenvalue weighted by molar-refractivity contribution is 6.29. The zero-order valence-corrected chi connectivity index (χ0v) is 9.43. The number of aromatic nitrogens is 2. The van der Waals surface area contributed by atoms with Crippen molar-refractivity contribution in [1.82, 2.24) is 15.3 Å². The predicted octanol–water partition coefficient (Wildman–Crippen LogP) is 0.850. The summed E-state index contributed by atoms with van der Waals surface area (Å²) in [5, 5.41) is 5.74. The molecular weight excluding hydrogens is 216 g/mol. The van der Waals surface area contributed by atoms with Crippen molar-refractivity contribution in [3.63, 3.8) is 0 Å². The minimum Gasteiger partial charge on any atom is -0.361 e. The molecule has 0 unspecified atom stereocenters. The molecule has 1 heterocycles. The number of rotatable bonds is 4. The molecule has 0 fully saturated rings. The van der Waals surface area contributed by atoms with E-state index in [9.17, 15) is 4.79 Å². The number of nitrogens with one attached hydrogen (secondary N) is 2. The zero-order chi connectivity index (χ0) is 11.3. The Morgan fingerprint density at radius 3 is 2.87 bits per heavy atom. The fraction of sp³-hybridized carbons (Fsp3) is 0.444. The third kappa shape index (κ3) is 3.71. The Balaban J connectivity index is 2.68.